The first-order valence-electron chi connectivity index (χ1n) is 12.4. The number of carbonyl (C=O) groups is 1. The average Bonchev–Trinajstić information content (AvgIpc) is 3.25. The fourth-order valence-electron chi connectivity index (χ4n) is 4.98. The summed E-state index contributed by atoms with van der Waals surface area (Å²) >= 11 is 6.22. The van der Waals surface area contributed by atoms with E-state index in [0.717, 1.165) is 48.1 Å². The highest BCUT2D eigenvalue weighted by atomic mass is 35.5. The number of aromatic nitrogens is 2. The molecule has 0 aliphatic heterocycles. The summed E-state index contributed by atoms with van der Waals surface area (Å²) in [7, 11) is 4.06. The number of halogens is 2. The van der Waals surface area contributed by atoms with E-state index in [9.17, 15) is 9.18 Å². The number of pyridine rings is 1. The van der Waals surface area contributed by atoms with Crippen LogP contribution in [0.2, 0.25) is 5.02 Å². The van der Waals surface area contributed by atoms with Gasteiger partial charge >= 0.3 is 0 Å². The van der Waals surface area contributed by atoms with Crippen molar-refractivity contribution in [2.24, 2.45) is 0 Å². The first-order valence-corrected chi connectivity index (χ1v) is 12.7. The normalized spacial score (nSPS) is 17.5. The molecule has 0 atom stereocenters. The molecule has 1 aliphatic rings. The maximum atomic E-state index is 14.5. The average molecular weight is 522 g/mol. The van der Waals surface area contributed by atoms with Crippen molar-refractivity contribution in [3.8, 4) is 11.3 Å². The Bertz CT molecular complexity index is 1430. The highest BCUT2D eigenvalue weighted by molar-refractivity contribution is 6.33. The van der Waals surface area contributed by atoms with E-state index in [1.165, 1.54) is 12.1 Å². The number of hydrogen-bond acceptors (Lipinski definition) is 6. The molecule has 2 aromatic carbocycles. The lowest BCUT2D eigenvalue weighted by atomic mass is 9.90. The van der Waals surface area contributed by atoms with E-state index in [4.69, 9.17) is 21.1 Å². The second-order valence-corrected chi connectivity index (χ2v) is 10.1. The van der Waals surface area contributed by atoms with Crippen LogP contribution in [0.25, 0.3) is 22.2 Å². The zero-order chi connectivity index (χ0) is 26.1. The second kappa shape index (κ2) is 10.4. The molecule has 2 N–H and O–H groups in total. The molecule has 0 saturated heterocycles. The Morgan fingerprint density at radius 3 is 2.54 bits per heavy atom. The number of anilines is 2. The summed E-state index contributed by atoms with van der Waals surface area (Å²) in [5.41, 5.74) is 2.46. The minimum Gasteiger partial charge on any atom is -0.377 e. The van der Waals surface area contributed by atoms with Crippen molar-refractivity contribution in [2.45, 2.75) is 44.7 Å². The number of nitrogens with zero attached hydrogens (tertiary/aromatic N) is 3. The van der Waals surface area contributed by atoms with Crippen molar-refractivity contribution < 1.29 is 13.7 Å². The molecule has 0 spiro atoms. The summed E-state index contributed by atoms with van der Waals surface area (Å²) in [5, 5.41) is 11.9. The third kappa shape index (κ3) is 5.11. The van der Waals surface area contributed by atoms with E-state index in [1.807, 2.05) is 32.3 Å². The Morgan fingerprint density at radius 1 is 1.08 bits per heavy atom. The van der Waals surface area contributed by atoms with Crippen LogP contribution in [0.3, 0.4) is 0 Å². The predicted molar refractivity (Wildman–Crippen MR) is 145 cm³/mol. The van der Waals surface area contributed by atoms with Gasteiger partial charge in [-0.15, -0.1) is 0 Å². The molecule has 1 fully saturated rings. The van der Waals surface area contributed by atoms with Crippen molar-refractivity contribution >= 4 is 39.9 Å². The summed E-state index contributed by atoms with van der Waals surface area (Å²) < 4.78 is 19.8. The number of benzene rings is 2. The van der Waals surface area contributed by atoms with Gasteiger partial charge in [0.25, 0.3) is 5.91 Å². The number of amides is 1. The van der Waals surface area contributed by atoms with Gasteiger partial charge in [-0.2, -0.15) is 0 Å². The fourth-order valence-corrected chi connectivity index (χ4v) is 5.24. The van der Waals surface area contributed by atoms with Gasteiger partial charge in [-0.1, -0.05) is 41.0 Å². The predicted octanol–water partition coefficient (Wildman–Crippen LogP) is 6.21. The van der Waals surface area contributed by atoms with Crippen molar-refractivity contribution in [1.29, 1.82) is 0 Å². The first-order chi connectivity index (χ1) is 17.8. The van der Waals surface area contributed by atoms with E-state index in [0.29, 0.717) is 5.76 Å². The molecular formula is C28H29ClFN5O2. The largest absolute Gasteiger partial charge is 0.377 e. The Kier molecular flexibility index (Phi) is 7.02. The van der Waals surface area contributed by atoms with Crippen LogP contribution in [-0.2, 0) is 0 Å². The van der Waals surface area contributed by atoms with Crippen LogP contribution in [0.5, 0.6) is 0 Å². The van der Waals surface area contributed by atoms with Gasteiger partial charge in [0.2, 0.25) is 0 Å². The number of para-hydroxylation sites is 1. The molecular weight excluding hydrogens is 493 g/mol. The highest BCUT2D eigenvalue weighted by Crippen LogP contribution is 2.34. The minimum atomic E-state index is -0.554. The second-order valence-electron chi connectivity index (χ2n) is 9.66. The van der Waals surface area contributed by atoms with Crippen molar-refractivity contribution in [1.82, 2.24) is 15.5 Å². The summed E-state index contributed by atoms with van der Waals surface area (Å²) in [5.74, 6) is 0.278. The summed E-state index contributed by atoms with van der Waals surface area (Å²) in [6.45, 7) is 1.64. The van der Waals surface area contributed by atoms with E-state index in [1.54, 1.807) is 13.0 Å². The van der Waals surface area contributed by atoms with Crippen molar-refractivity contribution in [3.63, 3.8) is 0 Å². The van der Waals surface area contributed by atoms with Gasteiger partial charge < -0.3 is 20.1 Å². The van der Waals surface area contributed by atoms with E-state index in [-0.39, 0.29) is 39.8 Å². The van der Waals surface area contributed by atoms with E-state index >= 15 is 0 Å². The third-order valence-electron chi connectivity index (χ3n) is 6.88. The molecule has 4 aromatic rings. The maximum absolute atomic E-state index is 14.5. The molecule has 0 bridgehead atoms. The number of nitrogens with one attached hydrogen (secondary N) is 2. The number of fused-ring (bicyclic) bond motifs is 1. The SMILES string of the molecule is Cc1onc(-c2c(F)cccc2Cl)c1C(=O)N[C@H]1CC[C@@H](Nc2cc(N(C)C)c3ccccc3n2)CC1. The first kappa shape index (κ1) is 25.0. The zero-order valence-electron chi connectivity index (χ0n) is 21.0. The van der Waals surface area contributed by atoms with Crippen molar-refractivity contribution in [2.75, 3.05) is 24.3 Å². The van der Waals surface area contributed by atoms with Crippen LogP contribution in [0.4, 0.5) is 15.9 Å². The van der Waals surface area contributed by atoms with Crippen LogP contribution in [0, 0.1) is 12.7 Å². The molecule has 9 heteroatoms. The van der Waals surface area contributed by atoms with Crippen molar-refractivity contribution in [3.05, 3.63) is 70.7 Å². The smallest absolute Gasteiger partial charge is 0.257 e. The number of carbonyl (C=O) groups excluding carboxylic acids is 1. The van der Waals surface area contributed by atoms with Crippen LogP contribution in [0.15, 0.2) is 53.1 Å². The van der Waals surface area contributed by atoms with Gasteiger partial charge in [-0.25, -0.2) is 9.37 Å². The number of rotatable bonds is 6. The quantitative estimate of drug-likeness (QED) is 0.314. The monoisotopic (exact) mass is 521 g/mol. The van der Waals surface area contributed by atoms with Crippen LogP contribution in [-0.4, -0.2) is 42.2 Å². The molecule has 7 nitrogen and oxygen atoms in total. The standard InChI is InChI=1S/C28H29ClFN5O2/c1-16-25(27(34-37-16)26-20(29)8-6-9-21(26)30)28(36)32-18-13-11-17(12-14-18)31-24-15-23(35(2)3)19-7-4-5-10-22(19)33-24/h4-10,15,17-18H,11-14H2,1-3H3,(H,31,33)(H,32,36)/t17-,18+. The van der Waals surface area contributed by atoms with Crippen LogP contribution in [0.1, 0.15) is 41.8 Å². The summed E-state index contributed by atoms with van der Waals surface area (Å²) in [4.78, 5) is 20.1. The van der Waals surface area contributed by atoms with Gasteiger partial charge in [-0.3, -0.25) is 4.79 Å². The lowest BCUT2D eigenvalue weighted by Gasteiger charge is -2.30. The molecule has 37 heavy (non-hydrogen) atoms. The molecule has 0 unspecified atom stereocenters. The van der Waals surface area contributed by atoms with Gasteiger partial charge in [0.1, 0.15) is 28.7 Å². The Hall–Kier alpha value is -3.65. The highest BCUT2D eigenvalue weighted by Gasteiger charge is 2.29. The van der Waals surface area contributed by atoms with Gasteiger partial charge in [0, 0.05) is 43.3 Å². The minimum absolute atomic E-state index is 0.00862. The lowest BCUT2D eigenvalue weighted by Crippen LogP contribution is -2.40. The van der Waals surface area contributed by atoms with Crippen LogP contribution < -0.4 is 15.5 Å². The Morgan fingerprint density at radius 2 is 1.81 bits per heavy atom. The van der Waals surface area contributed by atoms with Crippen LogP contribution >= 0.6 is 11.6 Å². The topological polar surface area (TPSA) is 83.3 Å². The molecule has 0 radical (unpaired) electrons. The number of aryl methyl sites for hydroxylation is 1. The molecule has 2 aromatic heterocycles. The molecule has 1 saturated carbocycles. The zero-order valence-corrected chi connectivity index (χ0v) is 21.8. The fraction of sp³-hybridized carbons (Fsp3) is 0.321. The van der Waals surface area contributed by atoms with E-state index in [2.05, 4.69) is 32.8 Å². The summed E-state index contributed by atoms with van der Waals surface area (Å²) in [6.07, 6.45) is 3.37. The third-order valence-corrected chi connectivity index (χ3v) is 7.19. The number of hydrogen-bond donors (Lipinski definition) is 2. The Balaban J connectivity index is 1.25. The van der Waals surface area contributed by atoms with Gasteiger partial charge in [0.05, 0.1) is 16.1 Å². The molecule has 5 rings (SSSR count). The lowest BCUT2D eigenvalue weighted by molar-refractivity contribution is 0.0925. The Labute approximate surface area is 220 Å². The molecule has 1 aliphatic carbocycles. The van der Waals surface area contributed by atoms with Gasteiger partial charge in [0.15, 0.2) is 0 Å². The maximum Gasteiger partial charge on any atom is 0.257 e. The van der Waals surface area contributed by atoms with Gasteiger partial charge in [-0.05, 0) is 50.8 Å². The van der Waals surface area contributed by atoms with E-state index < -0.39 is 5.82 Å². The molecule has 2 heterocycles. The molecule has 1 amide bonds. The summed E-state index contributed by atoms with van der Waals surface area (Å²) in [6, 6.07) is 14.8. The molecule has 192 valence electrons.